The lowest BCUT2D eigenvalue weighted by atomic mass is 9.70. The molecule has 4 heteroatoms. The van der Waals surface area contributed by atoms with E-state index in [1.807, 2.05) is 27.7 Å². The molecule has 0 saturated heterocycles. The van der Waals surface area contributed by atoms with Crippen LogP contribution >= 0.6 is 0 Å². The number of hydrogen-bond donors (Lipinski definition) is 0. The zero-order chi connectivity index (χ0) is 20.8. The quantitative estimate of drug-likeness (QED) is 0.370. The Morgan fingerprint density at radius 1 is 0.778 bits per heavy atom. The van der Waals surface area contributed by atoms with Crippen molar-refractivity contribution < 1.29 is 19.1 Å². The number of rotatable bonds is 10. The summed E-state index contributed by atoms with van der Waals surface area (Å²) in [5.74, 6) is 1.09. The summed E-state index contributed by atoms with van der Waals surface area (Å²) < 4.78 is 11.3. The maximum atomic E-state index is 13.3. The number of carbonyl (C=O) groups is 2. The Balaban J connectivity index is 3.22. The molecular weight excluding hydrogens is 340 g/mol. The highest BCUT2D eigenvalue weighted by atomic mass is 16.6. The summed E-state index contributed by atoms with van der Waals surface area (Å²) in [4.78, 5) is 26.5. The molecular formula is C23H42O4. The zero-order valence-corrected chi connectivity index (χ0v) is 18.8. The maximum Gasteiger partial charge on any atom is 0.323 e. The molecule has 1 aliphatic carbocycles. The van der Waals surface area contributed by atoms with Gasteiger partial charge < -0.3 is 9.47 Å². The lowest BCUT2D eigenvalue weighted by molar-refractivity contribution is -0.178. The average molecular weight is 383 g/mol. The zero-order valence-electron chi connectivity index (χ0n) is 18.8. The maximum absolute atomic E-state index is 13.3. The molecule has 0 bridgehead atoms. The van der Waals surface area contributed by atoms with Crippen molar-refractivity contribution >= 4 is 11.9 Å². The molecule has 0 spiro atoms. The van der Waals surface area contributed by atoms with Crippen LogP contribution in [0, 0.1) is 40.9 Å². The third-order valence-electron chi connectivity index (χ3n) is 5.43. The third kappa shape index (κ3) is 6.50. The van der Waals surface area contributed by atoms with Gasteiger partial charge in [-0.15, -0.1) is 0 Å². The predicted molar refractivity (Wildman–Crippen MR) is 109 cm³/mol. The monoisotopic (exact) mass is 382 g/mol. The Labute approximate surface area is 166 Å². The fraction of sp³-hybridized carbons (Fsp3) is 0.913. The van der Waals surface area contributed by atoms with Crippen LogP contribution in [0.15, 0.2) is 0 Å². The molecule has 0 heterocycles. The molecule has 0 aromatic carbocycles. The van der Waals surface area contributed by atoms with Crippen LogP contribution in [0.5, 0.6) is 0 Å². The summed E-state index contributed by atoms with van der Waals surface area (Å²) in [6, 6.07) is 0. The van der Waals surface area contributed by atoms with E-state index in [9.17, 15) is 9.59 Å². The molecule has 1 fully saturated rings. The van der Waals surface area contributed by atoms with E-state index in [1.165, 1.54) is 0 Å². The minimum Gasteiger partial charge on any atom is -0.465 e. The van der Waals surface area contributed by atoms with Crippen molar-refractivity contribution in [1.29, 1.82) is 0 Å². The number of carbonyl (C=O) groups excluding carboxylic acids is 2. The second-order valence-corrected chi connectivity index (χ2v) is 10.1. The van der Waals surface area contributed by atoms with Gasteiger partial charge in [0.15, 0.2) is 5.41 Å². The van der Waals surface area contributed by atoms with Gasteiger partial charge in [0.1, 0.15) is 0 Å². The van der Waals surface area contributed by atoms with Gasteiger partial charge >= 0.3 is 11.9 Å². The summed E-state index contributed by atoms with van der Waals surface area (Å²) in [6.07, 6.45) is 3.33. The SMILES string of the molecule is CC(C)COC(=O)C1(C(=O)OCC(C)C)CCC(CC(C)C)C1CC(C)C. The van der Waals surface area contributed by atoms with Gasteiger partial charge in [-0.25, -0.2) is 0 Å². The van der Waals surface area contributed by atoms with Crippen LogP contribution in [0.3, 0.4) is 0 Å². The molecule has 4 nitrogen and oxygen atoms in total. The highest BCUT2D eigenvalue weighted by Gasteiger charge is 2.60. The molecule has 0 radical (unpaired) electrons. The van der Waals surface area contributed by atoms with Crippen LogP contribution in [0.1, 0.15) is 81.1 Å². The van der Waals surface area contributed by atoms with E-state index in [-0.39, 0.29) is 29.7 Å². The number of ether oxygens (including phenoxy) is 2. The van der Waals surface area contributed by atoms with Gasteiger partial charge in [-0.1, -0.05) is 55.4 Å². The van der Waals surface area contributed by atoms with Gasteiger partial charge in [-0.05, 0) is 61.2 Å². The third-order valence-corrected chi connectivity index (χ3v) is 5.43. The normalized spacial score (nSPS) is 22.1. The molecule has 0 aromatic rings. The molecule has 1 saturated carbocycles. The van der Waals surface area contributed by atoms with Crippen LogP contribution in [-0.2, 0) is 19.1 Å². The Bertz CT molecular complexity index is 455. The number of esters is 2. The van der Waals surface area contributed by atoms with E-state index in [0.717, 1.165) is 19.3 Å². The molecule has 1 rings (SSSR count). The lowest BCUT2D eigenvalue weighted by Crippen LogP contribution is -2.47. The van der Waals surface area contributed by atoms with Gasteiger partial charge in [-0.3, -0.25) is 9.59 Å². The summed E-state index contributed by atoms with van der Waals surface area (Å²) in [7, 11) is 0. The molecule has 158 valence electrons. The summed E-state index contributed by atoms with van der Waals surface area (Å²) in [5.41, 5.74) is -1.13. The second kappa shape index (κ2) is 10.5. The van der Waals surface area contributed by atoms with Gasteiger partial charge in [0.2, 0.25) is 0 Å². The molecule has 2 atom stereocenters. The van der Waals surface area contributed by atoms with E-state index in [1.54, 1.807) is 0 Å². The van der Waals surface area contributed by atoms with Gasteiger partial charge in [0.05, 0.1) is 13.2 Å². The minimum atomic E-state index is -1.13. The Morgan fingerprint density at radius 3 is 1.59 bits per heavy atom. The smallest absolute Gasteiger partial charge is 0.323 e. The van der Waals surface area contributed by atoms with Gasteiger partial charge in [0, 0.05) is 0 Å². The van der Waals surface area contributed by atoms with Crippen LogP contribution in [0.4, 0.5) is 0 Å². The summed E-state index contributed by atoms with van der Waals surface area (Å²) in [6.45, 7) is 17.5. The second-order valence-electron chi connectivity index (χ2n) is 10.1. The highest BCUT2D eigenvalue weighted by molar-refractivity contribution is 6.01. The van der Waals surface area contributed by atoms with Gasteiger partial charge in [-0.2, -0.15) is 0 Å². The summed E-state index contributed by atoms with van der Waals surface area (Å²) in [5, 5.41) is 0. The van der Waals surface area contributed by atoms with E-state index < -0.39 is 5.41 Å². The molecule has 0 aromatic heterocycles. The van der Waals surface area contributed by atoms with E-state index in [0.29, 0.717) is 37.4 Å². The number of hydrogen-bond acceptors (Lipinski definition) is 4. The first-order chi connectivity index (χ1) is 12.5. The van der Waals surface area contributed by atoms with E-state index in [2.05, 4.69) is 27.7 Å². The van der Waals surface area contributed by atoms with Crippen molar-refractivity contribution in [2.24, 2.45) is 40.9 Å². The van der Waals surface area contributed by atoms with Crippen molar-refractivity contribution in [1.82, 2.24) is 0 Å². The standard InChI is InChI=1S/C23H42O4/c1-15(2)11-19-9-10-23(20(19)12-16(3)4,21(24)26-13-17(5)6)22(25)27-14-18(7)8/h15-20H,9-14H2,1-8H3. The lowest BCUT2D eigenvalue weighted by Gasteiger charge is -2.35. The van der Waals surface area contributed by atoms with E-state index >= 15 is 0 Å². The Morgan fingerprint density at radius 2 is 1.22 bits per heavy atom. The fourth-order valence-corrected chi connectivity index (χ4v) is 4.32. The summed E-state index contributed by atoms with van der Waals surface area (Å²) >= 11 is 0. The Hall–Kier alpha value is -1.06. The van der Waals surface area contributed by atoms with Crippen LogP contribution in [0.25, 0.3) is 0 Å². The molecule has 1 aliphatic rings. The largest absolute Gasteiger partial charge is 0.465 e. The van der Waals surface area contributed by atoms with Crippen molar-refractivity contribution in [3.05, 3.63) is 0 Å². The topological polar surface area (TPSA) is 52.6 Å². The Kier molecular flexibility index (Phi) is 9.30. The molecule has 2 unspecified atom stereocenters. The van der Waals surface area contributed by atoms with Crippen molar-refractivity contribution in [2.45, 2.75) is 81.1 Å². The van der Waals surface area contributed by atoms with Crippen LogP contribution in [0.2, 0.25) is 0 Å². The average Bonchev–Trinajstić information content (AvgIpc) is 2.88. The van der Waals surface area contributed by atoms with Gasteiger partial charge in [0.25, 0.3) is 0 Å². The van der Waals surface area contributed by atoms with Crippen LogP contribution in [-0.4, -0.2) is 25.2 Å². The molecule has 27 heavy (non-hydrogen) atoms. The minimum absolute atomic E-state index is 0.000718. The van der Waals surface area contributed by atoms with Crippen molar-refractivity contribution in [2.75, 3.05) is 13.2 Å². The first-order valence-corrected chi connectivity index (χ1v) is 10.8. The predicted octanol–water partition coefficient (Wildman–Crippen LogP) is 5.49. The molecule has 0 N–H and O–H groups in total. The first-order valence-electron chi connectivity index (χ1n) is 10.8. The fourth-order valence-electron chi connectivity index (χ4n) is 4.32. The first kappa shape index (κ1) is 24.0. The highest BCUT2D eigenvalue weighted by Crippen LogP contribution is 2.53. The molecule has 0 aliphatic heterocycles. The molecule has 0 amide bonds. The van der Waals surface area contributed by atoms with E-state index in [4.69, 9.17) is 9.47 Å². The van der Waals surface area contributed by atoms with Crippen molar-refractivity contribution in [3.63, 3.8) is 0 Å². The van der Waals surface area contributed by atoms with Crippen LogP contribution < -0.4 is 0 Å². The van der Waals surface area contributed by atoms with Crippen molar-refractivity contribution in [3.8, 4) is 0 Å².